The van der Waals surface area contributed by atoms with Crippen LogP contribution in [0.3, 0.4) is 0 Å². The topological polar surface area (TPSA) is 81.7 Å². The fourth-order valence-corrected chi connectivity index (χ4v) is 1.38. The van der Waals surface area contributed by atoms with E-state index in [1.165, 1.54) is 0 Å². The summed E-state index contributed by atoms with van der Waals surface area (Å²) in [5.74, 6) is -1.36. The van der Waals surface area contributed by atoms with Crippen LogP contribution in [0, 0.1) is 11.8 Å². The first-order valence-corrected chi connectivity index (χ1v) is 7.49. The average Bonchev–Trinajstić information content (AvgIpc) is 2.39. The van der Waals surface area contributed by atoms with Crippen molar-refractivity contribution in [3.8, 4) is 0 Å². The van der Waals surface area contributed by atoms with Crippen LogP contribution in [-0.2, 0) is 23.9 Å². The number of esters is 2. The van der Waals surface area contributed by atoms with Crippen LogP contribution in [0.25, 0.3) is 0 Å². The molecule has 22 heavy (non-hydrogen) atoms. The summed E-state index contributed by atoms with van der Waals surface area (Å²) in [6.07, 6.45) is 1.80. The van der Waals surface area contributed by atoms with Crippen LogP contribution >= 0.6 is 0 Å². The van der Waals surface area contributed by atoms with E-state index in [0.29, 0.717) is 0 Å². The Balaban J connectivity index is 4.36. The number of hydrogen-bond acceptors (Lipinski definition) is 5. The number of amides is 1. The Bertz CT molecular complexity index is 413. The van der Waals surface area contributed by atoms with E-state index in [1.807, 2.05) is 13.8 Å². The predicted octanol–water partition coefficient (Wildman–Crippen LogP) is 1.83. The van der Waals surface area contributed by atoms with Gasteiger partial charge in [-0.25, -0.2) is 9.59 Å². The molecule has 0 aliphatic heterocycles. The van der Waals surface area contributed by atoms with Gasteiger partial charge in [0.25, 0.3) is 0 Å². The van der Waals surface area contributed by atoms with E-state index < -0.39 is 11.9 Å². The summed E-state index contributed by atoms with van der Waals surface area (Å²) in [6, 6.07) is -0.269. The van der Waals surface area contributed by atoms with Gasteiger partial charge in [-0.2, -0.15) is 0 Å². The van der Waals surface area contributed by atoms with Gasteiger partial charge in [0.15, 0.2) is 0 Å². The maximum atomic E-state index is 11.7. The van der Waals surface area contributed by atoms with Gasteiger partial charge < -0.3 is 14.8 Å². The monoisotopic (exact) mass is 313 g/mol. The first-order valence-electron chi connectivity index (χ1n) is 7.49. The largest absolute Gasteiger partial charge is 0.460 e. The molecule has 6 heteroatoms. The summed E-state index contributed by atoms with van der Waals surface area (Å²) < 4.78 is 9.91. The van der Waals surface area contributed by atoms with E-state index in [-0.39, 0.29) is 36.5 Å². The van der Waals surface area contributed by atoms with E-state index in [1.54, 1.807) is 27.7 Å². The number of ether oxygens (including phenoxy) is 2. The Hall–Kier alpha value is -1.85. The fraction of sp³-hybridized carbons (Fsp3) is 0.688. The van der Waals surface area contributed by atoms with Gasteiger partial charge in [0.1, 0.15) is 6.61 Å². The third kappa shape index (κ3) is 9.15. The molecule has 1 unspecified atom stereocenters. The SMILES string of the molecule is CC(C)OC(=O)/C=C/C(=O)OCC(NC(=O)C(C)C)C(C)C. The van der Waals surface area contributed by atoms with Gasteiger partial charge in [-0.05, 0) is 19.8 Å². The van der Waals surface area contributed by atoms with Crippen molar-refractivity contribution in [1.29, 1.82) is 0 Å². The summed E-state index contributed by atoms with van der Waals surface area (Å²) in [6.45, 7) is 10.9. The van der Waals surface area contributed by atoms with Crippen molar-refractivity contribution in [3.63, 3.8) is 0 Å². The molecule has 0 saturated carbocycles. The number of carbonyl (C=O) groups excluding carboxylic acids is 3. The molecule has 0 heterocycles. The zero-order valence-corrected chi connectivity index (χ0v) is 14.2. The first kappa shape index (κ1) is 20.1. The lowest BCUT2D eigenvalue weighted by atomic mass is 10.0. The van der Waals surface area contributed by atoms with Crippen molar-refractivity contribution < 1.29 is 23.9 Å². The van der Waals surface area contributed by atoms with Gasteiger partial charge >= 0.3 is 11.9 Å². The van der Waals surface area contributed by atoms with Crippen molar-refractivity contribution in [2.75, 3.05) is 6.61 Å². The van der Waals surface area contributed by atoms with Crippen LogP contribution in [0.15, 0.2) is 12.2 Å². The van der Waals surface area contributed by atoms with Crippen LogP contribution in [0.1, 0.15) is 41.5 Å². The standard InChI is InChI=1S/C16H27NO5/c1-10(2)13(17-16(20)11(3)4)9-21-14(18)7-8-15(19)22-12(5)6/h7-8,10-13H,9H2,1-6H3,(H,17,20)/b8-7+. The average molecular weight is 313 g/mol. The molecular weight excluding hydrogens is 286 g/mol. The summed E-state index contributed by atoms with van der Waals surface area (Å²) in [5, 5.41) is 2.83. The molecule has 0 aromatic rings. The maximum Gasteiger partial charge on any atom is 0.331 e. The molecule has 0 aromatic carbocycles. The molecule has 0 radical (unpaired) electrons. The normalized spacial score (nSPS) is 12.8. The molecule has 1 N–H and O–H groups in total. The second-order valence-electron chi connectivity index (χ2n) is 5.96. The molecule has 0 fully saturated rings. The quantitative estimate of drug-likeness (QED) is 0.546. The van der Waals surface area contributed by atoms with Gasteiger partial charge in [0, 0.05) is 18.1 Å². The van der Waals surface area contributed by atoms with Gasteiger partial charge in [0.05, 0.1) is 12.1 Å². The van der Waals surface area contributed by atoms with Crippen molar-refractivity contribution in [2.24, 2.45) is 11.8 Å². The number of rotatable bonds is 8. The highest BCUT2D eigenvalue weighted by molar-refractivity contribution is 5.91. The minimum absolute atomic E-state index is 0.0541. The zero-order chi connectivity index (χ0) is 17.3. The molecule has 0 spiro atoms. The second-order valence-corrected chi connectivity index (χ2v) is 5.96. The van der Waals surface area contributed by atoms with E-state index >= 15 is 0 Å². The summed E-state index contributed by atoms with van der Waals surface area (Å²) in [5.41, 5.74) is 0. The summed E-state index contributed by atoms with van der Waals surface area (Å²) in [7, 11) is 0. The molecule has 1 atom stereocenters. The highest BCUT2D eigenvalue weighted by Crippen LogP contribution is 2.05. The summed E-state index contributed by atoms with van der Waals surface area (Å²) in [4.78, 5) is 34.5. The van der Waals surface area contributed by atoms with Crippen molar-refractivity contribution in [1.82, 2.24) is 5.32 Å². The Morgan fingerprint density at radius 3 is 1.95 bits per heavy atom. The van der Waals surface area contributed by atoms with E-state index in [2.05, 4.69) is 5.32 Å². The Morgan fingerprint density at radius 1 is 0.955 bits per heavy atom. The zero-order valence-electron chi connectivity index (χ0n) is 14.2. The molecule has 0 saturated heterocycles. The maximum absolute atomic E-state index is 11.7. The second kappa shape index (κ2) is 9.97. The highest BCUT2D eigenvalue weighted by atomic mass is 16.5. The number of carbonyl (C=O) groups is 3. The lowest BCUT2D eigenvalue weighted by molar-refractivity contribution is -0.143. The van der Waals surface area contributed by atoms with Crippen LogP contribution in [-0.4, -0.2) is 36.6 Å². The Morgan fingerprint density at radius 2 is 1.50 bits per heavy atom. The molecule has 0 rings (SSSR count). The van der Waals surface area contributed by atoms with Crippen LogP contribution in [0.2, 0.25) is 0 Å². The Labute approximate surface area is 132 Å². The van der Waals surface area contributed by atoms with Crippen LogP contribution in [0.4, 0.5) is 0 Å². The molecular formula is C16H27NO5. The van der Waals surface area contributed by atoms with Gasteiger partial charge in [0.2, 0.25) is 5.91 Å². The summed E-state index contributed by atoms with van der Waals surface area (Å²) >= 11 is 0. The lowest BCUT2D eigenvalue weighted by Crippen LogP contribution is -2.44. The minimum Gasteiger partial charge on any atom is -0.460 e. The number of hydrogen-bond donors (Lipinski definition) is 1. The van der Waals surface area contributed by atoms with Gasteiger partial charge in [-0.3, -0.25) is 4.79 Å². The van der Waals surface area contributed by atoms with Crippen molar-refractivity contribution in [3.05, 3.63) is 12.2 Å². The Kier molecular flexibility index (Phi) is 9.13. The molecule has 126 valence electrons. The van der Waals surface area contributed by atoms with Gasteiger partial charge in [-0.1, -0.05) is 27.7 Å². The lowest BCUT2D eigenvalue weighted by Gasteiger charge is -2.22. The van der Waals surface area contributed by atoms with Crippen LogP contribution in [0.5, 0.6) is 0 Å². The predicted molar refractivity (Wildman–Crippen MR) is 82.9 cm³/mol. The van der Waals surface area contributed by atoms with E-state index in [4.69, 9.17) is 9.47 Å². The smallest absolute Gasteiger partial charge is 0.331 e. The van der Waals surface area contributed by atoms with E-state index in [0.717, 1.165) is 12.2 Å². The molecule has 6 nitrogen and oxygen atoms in total. The third-order valence-electron chi connectivity index (χ3n) is 2.77. The minimum atomic E-state index is -0.648. The molecule has 1 amide bonds. The number of nitrogens with one attached hydrogen (secondary N) is 1. The molecule has 0 bridgehead atoms. The fourth-order valence-electron chi connectivity index (χ4n) is 1.38. The molecule has 0 aliphatic carbocycles. The molecule has 0 aromatic heterocycles. The van der Waals surface area contributed by atoms with E-state index in [9.17, 15) is 14.4 Å². The van der Waals surface area contributed by atoms with Gasteiger partial charge in [-0.15, -0.1) is 0 Å². The van der Waals surface area contributed by atoms with Crippen LogP contribution < -0.4 is 5.32 Å². The molecule has 0 aliphatic rings. The van der Waals surface area contributed by atoms with Crippen molar-refractivity contribution >= 4 is 17.8 Å². The first-order chi connectivity index (χ1) is 10.1. The third-order valence-corrected chi connectivity index (χ3v) is 2.77. The highest BCUT2D eigenvalue weighted by Gasteiger charge is 2.19. The van der Waals surface area contributed by atoms with Crippen molar-refractivity contribution in [2.45, 2.75) is 53.7 Å².